The number of nitrogens with zero attached hydrogens (tertiary/aromatic N) is 4. The van der Waals surface area contributed by atoms with Crippen LogP contribution in [0.25, 0.3) is 0 Å². The third-order valence-corrected chi connectivity index (χ3v) is 4.41. The summed E-state index contributed by atoms with van der Waals surface area (Å²) in [6, 6.07) is 3.89. The van der Waals surface area contributed by atoms with Gasteiger partial charge in [0.15, 0.2) is 0 Å². The van der Waals surface area contributed by atoms with Gasteiger partial charge in [-0.2, -0.15) is 0 Å². The Morgan fingerprint density at radius 2 is 0.724 bits per heavy atom. The number of aromatic amines is 1. The molecule has 29 heavy (non-hydrogen) atoms. The van der Waals surface area contributed by atoms with E-state index in [-0.39, 0.29) is 0 Å². The topological polar surface area (TPSA) is 65.2 Å². The summed E-state index contributed by atoms with van der Waals surface area (Å²) in [7, 11) is 0. The Bertz CT molecular complexity index is 1010. The lowest BCUT2D eigenvalue weighted by molar-refractivity contribution is 1.41. The van der Waals surface area contributed by atoms with Crippen molar-refractivity contribution in [3.8, 4) is 0 Å². The number of allylic oxidation sites excluding steroid dienone is 12. The van der Waals surface area contributed by atoms with E-state index >= 15 is 0 Å². The number of rotatable bonds is 0. The van der Waals surface area contributed by atoms with Crippen molar-refractivity contribution >= 4 is 22.8 Å². The highest BCUT2D eigenvalue weighted by atomic mass is 14.8. The van der Waals surface area contributed by atoms with Crippen LogP contribution in [0.2, 0.25) is 0 Å². The SMILES string of the molecule is C1=CC2=NC1=CC1=NC(=CC3=NC(=CC4=NC(=C2)C=C4)C=C3)C=C1.c1cc[nH]c1. The fraction of sp³-hybridized carbons (Fsp3) is 0. The monoisotopic (exact) mass is 375 g/mol. The second-order valence-corrected chi connectivity index (χ2v) is 6.64. The van der Waals surface area contributed by atoms with Crippen LogP contribution in [0.5, 0.6) is 0 Å². The maximum Gasteiger partial charge on any atom is 0.0659 e. The number of hydrogen-bond acceptors (Lipinski definition) is 4. The minimum atomic E-state index is 0.894. The van der Waals surface area contributed by atoms with Crippen molar-refractivity contribution in [2.24, 2.45) is 20.0 Å². The van der Waals surface area contributed by atoms with Gasteiger partial charge >= 0.3 is 0 Å². The minimum Gasteiger partial charge on any atom is -0.368 e. The maximum absolute atomic E-state index is 4.59. The van der Waals surface area contributed by atoms with Gasteiger partial charge in [0.1, 0.15) is 0 Å². The molecule has 6 rings (SSSR count). The van der Waals surface area contributed by atoms with Gasteiger partial charge in [0, 0.05) is 12.4 Å². The van der Waals surface area contributed by atoms with Gasteiger partial charge in [0.05, 0.1) is 45.6 Å². The molecule has 0 fully saturated rings. The number of hydrogen-bond donors (Lipinski definition) is 1. The van der Waals surface area contributed by atoms with E-state index in [9.17, 15) is 0 Å². The predicted molar refractivity (Wildman–Crippen MR) is 119 cm³/mol. The maximum atomic E-state index is 4.59. The summed E-state index contributed by atoms with van der Waals surface area (Å²) in [5, 5.41) is 0. The molecule has 5 aliphatic heterocycles. The van der Waals surface area contributed by atoms with Crippen LogP contribution in [-0.2, 0) is 0 Å². The van der Waals surface area contributed by atoms with Gasteiger partial charge in [0.25, 0.3) is 0 Å². The average molecular weight is 375 g/mol. The minimum absolute atomic E-state index is 0.894. The van der Waals surface area contributed by atoms with E-state index in [1.807, 2.05) is 97.4 Å². The highest BCUT2D eigenvalue weighted by molar-refractivity contribution is 6.14. The standard InChI is InChI=1S/C20H12N4.C4H5N/c1-2-14-10-16-5-6-18(23-16)12-20-8-7-19(24-20)11-17-4-3-15(22-17)9-13(1)21-14;1-2-4-5-3-1/h1-12H;1-5H. The van der Waals surface area contributed by atoms with Gasteiger partial charge in [-0.15, -0.1) is 0 Å². The summed E-state index contributed by atoms with van der Waals surface area (Å²) in [5.41, 5.74) is 7.15. The summed E-state index contributed by atoms with van der Waals surface area (Å²) in [6.07, 6.45) is 27.6. The summed E-state index contributed by atoms with van der Waals surface area (Å²) < 4.78 is 0. The molecule has 0 atom stereocenters. The molecule has 0 amide bonds. The van der Waals surface area contributed by atoms with E-state index in [2.05, 4.69) is 25.0 Å². The molecule has 0 saturated carbocycles. The van der Waals surface area contributed by atoms with E-state index in [4.69, 9.17) is 0 Å². The lowest BCUT2D eigenvalue weighted by Crippen LogP contribution is -1.89. The van der Waals surface area contributed by atoms with Gasteiger partial charge in [0.2, 0.25) is 0 Å². The van der Waals surface area contributed by atoms with Crippen molar-refractivity contribution in [3.63, 3.8) is 0 Å². The summed E-state index contributed by atoms with van der Waals surface area (Å²) in [6.45, 7) is 0. The van der Waals surface area contributed by atoms with Crippen LogP contribution < -0.4 is 0 Å². The van der Waals surface area contributed by atoms with Crippen LogP contribution >= 0.6 is 0 Å². The van der Waals surface area contributed by atoms with Crippen molar-refractivity contribution in [2.45, 2.75) is 0 Å². The van der Waals surface area contributed by atoms with Crippen LogP contribution in [0.1, 0.15) is 0 Å². The Labute approximate surface area is 168 Å². The first-order chi connectivity index (χ1) is 14.3. The number of aromatic nitrogens is 1. The van der Waals surface area contributed by atoms with Gasteiger partial charge < -0.3 is 4.98 Å². The van der Waals surface area contributed by atoms with E-state index in [1.165, 1.54) is 0 Å². The molecule has 0 spiro atoms. The molecule has 1 N–H and O–H groups in total. The lowest BCUT2D eigenvalue weighted by atomic mass is 10.2. The number of H-pyrrole nitrogens is 1. The van der Waals surface area contributed by atoms with E-state index in [0.717, 1.165) is 45.6 Å². The molecule has 1 aromatic rings. The molecule has 1 aromatic heterocycles. The van der Waals surface area contributed by atoms with E-state index < -0.39 is 0 Å². The largest absolute Gasteiger partial charge is 0.368 e. The Morgan fingerprint density at radius 1 is 0.414 bits per heavy atom. The van der Waals surface area contributed by atoms with Gasteiger partial charge in [-0.05, 0) is 85.0 Å². The zero-order valence-electron chi connectivity index (χ0n) is 15.5. The van der Waals surface area contributed by atoms with Gasteiger partial charge in [-0.25, -0.2) is 20.0 Å². The second kappa shape index (κ2) is 7.48. The van der Waals surface area contributed by atoms with Crippen LogP contribution in [0.4, 0.5) is 0 Å². The number of nitrogens with one attached hydrogen (secondary N) is 1. The molecule has 6 heterocycles. The summed E-state index contributed by atoms with van der Waals surface area (Å²) in [5.74, 6) is 0. The number of fused-ring (bicyclic) bond motifs is 4. The molecule has 0 aliphatic carbocycles. The average Bonchev–Trinajstić information content (AvgIpc) is 3.50. The molecule has 5 aliphatic rings. The Hall–Kier alpha value is -4.12. The van der Waals surface area contributed by atoms with Gasteiger partial charge in [-0.1, -0.05) is 0 Å². The third kappa shape index (κ3) is 4.09. The number of aliphatic imine (C=N–C) groups is 4. The Morgan fingerprint density at radius 3 is 0.966 bits per heavy atom. The summed E-state index contributed by atoms with van der Waals surface area (Å²) in [4.78, 5) is 21.2. The van der Waals surface area contributed by atoms with E-state index in [1.54, 1.807) is 0 Å². The molecule has 0 unspecified atom stereocenters. The van der Waals surface area contributed by atoms with Crippen LogP contribution in [0.15, 0.2) is 140 Å². The highest BCUT2D eigenvalue weighted by Crippen LogP contribution is 2.20. The Kier molecular flexibility index (Phi) is 4.39. The predicted octanol–water partition coefficient (Wildman–Crippen LogP) is 4.59. The molecule has 138 valence electrons. The zero-order chi connectivity index (χ0) is 19.5. The Balaban J connectivity index is 0.000000319. The van der Waals surface area contributed by atoms with Crippen molar-refractivity contribution in [1.29, 1.82) is 0 Å². The van der Waals surface area contributed by atoms with Crippen LogP contribution in [-0.4, -0.2) is 27.8 Å². The first kappa shape index (κ1) is 17.0. The van der Waals surface area contributed by atoms with E-state index in [0.29, 0.717) is 0 Å². The smallest absolute Gasteiger partial charge is 0.0659 e. The summed E-state index contributed by atoms with van der Waals surface area (Å²) >= 11 is 0. The molecule has 5 nitrogen and oxygen atoms in total. The molecule has 0 aromatic carbocycles. The molecule has 0 saturated heterocycles. The highest BCUT2D eigenvalue weighted by Gasteiger charge is 2.11. The molecular formula is C24H17N5. The van der Waals surface area contributed by atoms with Crippen molar-refractivity contribution in [3.05, 3.63) is 120 Å². The molecular weight excluding hydrogens is 358 g/mol. The quantitative estimate of drug-likeness (QED) is 0.689. The van der Waals surface area contributed by atoms with Crippen molar-refractivity contribution in [2.75, 3.05) is 0 Å². The third-order valence-electron chi connectivity index (χ3n) is 4.41. The van der Waals surface area contributed by atoms with Crippen LogP contribution in [0, 0.1) is 0 Å². The first-order valence-electron chi connectivity index (χ1n) is 9.32. The lowest BCUT2D eigenvalue weighted by Gasteiger charge is -1.94. The van der Waals surface area contributed by atoms with Crippen molar-refractivity contribution in [1.82, 2.24) is 4.98 Å². The van der Waals surface area contributed by atoms with Crippen molar-refractivity contribution < 1.29 is 0 Å². The fourth-order valence-electron chi connectivity index (χ4n) is 3.10. The molecule has 8 bridgehead atoms. The normalized spacial score (nSPS) is 20.1. The fourth-order valence-corrected chi connectivity index (χ4v) is 3.10. The second-order valence-electron chi connectivity index (χ2n) is 6.64. The molecule has 0 radical (unpaired) electrons. The first-order valence-corrected chi connectivity index (χ1v) is 9.32. The molecule has 5 heteroatoms. The van der Waals surface area contributed by atoms with Gasteiger partial charge in [-0.3, -0.25) is 0 Å². The zero-order valence-corrected chi connectivity index (χ0v) is 15.5. The van der Waals surface area contributed by atoms with Crippen LogP contribution in [0.3, 0.4) is 0 Å².